The highest BCUT2D eigenvalue weighted by atomic mass is 19.1. The van der Waals surface area contributed by atoms with Gasteiger partial charge in [-0.1, -0.05) is 12.2 Å². The van der Waals surface area contributed by atoms with Gasteiger partial charge in [-0.25, -0.2) is 8.78 Å². The minimum absolute atomic E-state index is 0.0547. The number of carbonyl (C=O) groups is 2. The maximum atomic E-state index is 15.2. The summed E-state index contributed by atoms with van der Waals surface area (Å²) in [5.74, 6) is -3.03. The highest BCUT2D eigenvalue weighted by Gasteiger charge is 2.35. The molecule has 5 aromatic rings. The van der Waals surface area contributed by atoms with Gasteiger partial charge in [-0.2, -0.15) is 10.2 Å². The lowest BCUT2D eigenvalue weighted by Gasteiger charge is -2.33. The molecule has 6 rings (SSSR count). The monoisotopic (exact) mass is 554 g/mol. The van der Waals surface area contributed by atoms with Crippen LogP contribution >= 0.6 is 0 Å². The molecule has 0 fully saturated rings. The fourth-order valence-corrected chi connectivity index (χ4v) is 4.84. The van der Waals surface area contributed by atoms with E-state index in [0.717, 1.165) is 22.5 Å². The molecule has 0 radical (unpaired) electrons. The number of aryl methyl sites for hydroxylation is 1. The fourth-order valence-electron chi connectivity index (χ4n) is 4.84. The van der Waals surface area contributed by atoms with Crippen molar-refractivity contribution in [1.29, 1.82) is 0 Å². The summed E-state index contributed by atoms with van der Waals surface area (Å²) in [6.45, 7) is 1.80. The van der Waals surface area contributed by atoms with Crippen LogP contribution in [0.1, 0.15) is 6.92 Å². The number of aromatic nitrogens is 4. The molecule has 2 atom stereocenters. The molecule has 206 valence electrons. The number of hydrogen-bond acceptors (Lipinski definition) is 5. The third kappa shape index (κ3) is 4.93. The highest BCUT2D eigenvalue weighted by Crippen LogP contribution is 2.38. The number of aromatic amines is 1. The van der Waals surface area contributed by atoms with E-state index in [1.165, 1.54) is 47.4 Å². The van der Waals surface area contributed by atoms with Gasteiger partial charge in [0.05, 0.1) is 24.0 Å². The van der Waals surface area contributed by atoms with Crippen molar-refractivity contribution < 1.29 is 23.1 Å². The molecule has 2 amide bonds. The number of hydrogen-bond donors (Lipinski definition) is 2. The summed E-state index contributed by atoms with van der Waals surface area (Å²) in [5.41, 5.74) is 2.94. The van der Waals surface area contributed by atoms with E-state index < -0.39 is 29.4 Å². The van der Waals surface area contributed by atoms with Crippen molar-refractivity contribution in [3.8, 4) is 22.6 Å². The zero-order valence-corrected chi connectivity index (χ0v) is 22.0. The Morgan fingerprint density at radius 1 is 1.02 bits per heavy atom. The molecule has 2 aromatic heterocycles. The predicted octanol–water partition coefficient (Wildman–Crippen LogP) is 5.58. The van der Waals surface area contributed by atoms with Crippen molar-refractivity contribution in [3.63, 3.8) is 0 Å². The Morgan fingerprint density at radius 3 is 2.56 bits per heavy atom. The van der Waals surface area contributed by atoms with Gasteiger partial charge in [-0.3, -0.25) is 19.4 Å². The van der Waals surface area contributed by atoms with Gasteiger partial charge in [0.15, 0.2) is 11.6 Å². The number of rotatable bonds is 6. The van der Waals surface area contributed by atoms with Gasteiger partial charge >= 0.3 is 0 Å². The number of H-pyrrole nitrogens is 1. The molecule has 11 heteroatoms. The van der Waals surface area contributed by atoms with E-state index in [-0.39, 0.29) is 17.5 Å². The maximum absolute atomic E-state index is 15.2. The molecule has 1 aliphatic heterocycles. The molecule has 0 aliphatic carbocycles. The second kappa shape index (κ2) is 10.3. The number of nitrogens with zero attached hydrogens (tertiary/aromatic N) is 4. The minimum atomic E-state index is -1.14. The summed E-state index contributed by atoms with van der Waals surface area (Å²) >= 11 is 0. The normalized spacial score (nSPS) is 16.8. The van der Waals surface area contributed by atoms with Crippen LogP contribution in [0.5, 0.6) is 11.5 Å². The fraction of sp³-hybridized carbons (Fsp3) is 0.133. The van der Waals surface area contributed by atoms with E-state index in [0.29, 0.717) is 17.0 Å². The van der Waals surface area contributed by atoms with Crippen LogP contribution in [0.3, 0.4) is 0 Å². The van der Waals surface area contributed by atoms with E-state index in [2.05, 4.69) is 20.6 Å². The number of amides is 2. The van der Waals surface area contributed by atoms with Crippen LogP contribution in [0.15, 0.2) is 85.3 Å². The first kappa shape index (κ1) is 25.9. The summed E-state index contributed by atoms with van der Waals surface area (Å²) in [7, 11) is 1.83. The van der Waals surface area contributed by atoms with E-state index in [9.17, 15) is 14.0 Å². The second-order valence-electron chi connectivity index (χ2n) is 9.69. The number of ether oxygens (including phenoxy) is 1. The van der Waals surface area contributed by atoms with Crippen LogP contribution in [-0.2, 0) is 16.6 Å². The quantitative estimate of drug-likeness (QED) is 0.211. The van der Waals surface area contributed by atoms with Crippen LogP contribution in [-0.4, -0.2) is 37.8 Å². The Labute approximate surface area is 233 Å². The third-order valence-electron chi connectivity index (χ3n) is 6.96. The van der Waals surface area contributed by atoms with Crippen molar-refractivity contribution in [2.75, 3.05) is 10.2 Å². The molecule has 0 spiro atoms. The zero-order valence-electron chi connectivity index (χ0n) is 22.0. The van der Waals surface area contributed by atoms with E-state index in [1.54, 1.807) is 42.3 Å². The van der Waals surface area contributed by atoms with Crippen LogP contribution in [0, 0.1) is 17.6 Å². The molecule has 3 aromatic carbocycles. The molecule has 2 N–H and O–H groups in total. The first-order chi connectivity index (χ1) is 19.8. The number of fused-ring (bicyclic) bond motifs is 1. The topological polar surface area (TPSA) is 105 Å². The lowest BCUT2D eigenvalue weighted by Crippen LogP contribution is -2.47. The molecule has 0 bridgehead atoms. The van der Waals surface area contributed by atoms with Crippen LogP contribution in [0.2, 0.25) is 0 Å². The van der Waals surface area contributed by atoms with Gasteiger partial charge in [0, 0.05) is 47.2 Å². The molecule has 2 unspecified atom stereocenters. The van der Waals surface area contributed by atoms with Gasteiger partial charge < -0.3 is 15.0 Å². The number of halogens is 2. The van der Waals surface area contributed by atoms with Crippen molar-refractivity contribution >= 4 is 34.1 Å². The molecule has 41 heavy (non-hydrogen) atoms. The van der Waals surface area contributed by atoms with Gasteiger partial charge in [0.1, 0.15) is 17.5 Å². The van der Waals surface area contributed by atoms with Gasteiger partial charge in [-0.05, 0) is 55.5 Å². The number of carbonyl (C=O) groups excluding carboxylic acids is 2. The predicted molar refractivity (Wildman–Crippen MR) is 149 cm³/mol. The Kier molecular flexibility index (Phi) is 6.54. The average molecular weight is 555 g/mol. The Hall–Kier alpha value is -5.32. The Bertz CT molecular complexity index is 1800. The lowest BCUT2D eigenvalue weighted by molar-refractivity contribution is -0.129. The summed E-state index contributed by atoms with van der Waals surface area (Å²) in [6, 6.07) is 12.8. The summed E-state index contributed by atoms with van der Waals surface area (Å²) in [5, 5.41) is 14.5. The average Bonchev–Trinajstić information content (AvgIpc) is 3.61. The molecular weight excluding hydrogens is 530 g/mol. The van der Waals surface area contributed by atoms with Crippen LogP contribution in [0.4, 0.5) is 20.2 Å². The van der Waals surface area contributed by atoms with E-state index >= 15 is 4.39 Å². The molecule has 1 aliphatic rings. The van der Waals surface area contributed by atoms with Crippen molar-refractivity contribution in [2.24, 2.45) is 13.0 Å². The van der Waals surface area contributed by atoms with Crippen molar-refractivity contribution in [3.05, 3.63) is 97.0 Å². The third-order valence-corrected chi connectivity index (χ3v) is 6.96. The van der Waals surface area contributed by atoms with Crippen LogP contribution < -0.4 is 15.0 Å². The lowest BCUT2D eigenvalue weighted by atomic mass is 9.98. The second-order valence-corrected chi connectivity index (χ2v) is 9.69. The first-order valence-electron chi connectivity index (χ1n) is 12.8. The SMILES string of the molecule is CC1C=CC(C(=O)Nc2ccc(Oc3cc4cnn(C)c4cc3-c3cn[nH]c3)c(F)c2)C(=O)N1c1ccc(F)cc1. The largest absolute Gasteiger partial charge is 0.454 e. The first-order valence-corrected chi connectivity index (χ1v) is 12.8. The van der Waals surface area contributed by atoms with Crippen LogP contribution in [0.25, 0.3) is 22.0 Å². The summed E-state index contributed by atoms with van der Waals surface area (Å²) in [4.78, 5) is 27.7. The Balaban J connectivity index is 1.22. The number of nitrogens with one attached hydrogen (secondary N) is 2. The molecule has 9 nitrogen and oxygen atoms in total. The van der Waals surface area contributed by atoms with Crippen molar-refractivity contribution in [1.82, 2.24) is 20.0 Å². The molecule has 0 saturated carbocycles. The van der Waals surface area contributed by atoms with E-state index in [4.69, 9.17) is 4.74 Å². The maximum Gasteiger partial charge on any atom is 0.243 e. The minimum Gasteiger partial charge on any atom is -0.454 e. The smallest absolute Gasteiger partial charge is 0.243 e. The summed E-state index contributed by atoms with van der Waals surface area (Å²) in [6.07, 6.45) is 8.28. The molecule has 3 heterocycles. The van der Waals surface area contributed by atoms with Gasteiger partial charge in [-0.15, -0.1) is 0 Å². The summed E-state index contributed by atoms with van der Waals surface area (Å²) < 4.78 is 36.4. The zero-order chi connectivity index (χ0) is 28.7. The highest BCUT2D eigenvalue weighted by molar-refractivity contribution is 6.14. The van der Waals surface area contributed by atoms with Gasteiger partial charge in [0.25, 0.3) is 0 Å². The van der Waals surface area contributed by atoms with Crippen molar-refractivity contribution in [2.45, 2.75) is 13.0 Å². The van der Waals surface area contributed by atoms with Gasteiger partial charge in [0.2, 0.25) is 11.8 Å². The van der Waals surface area contributed by atoms with E-state index in [1.807, 2.05) is 13.1 Å². The number of benzene rings is 3. The molecular formula is C30H24F2N6O3. The standard InChI is InChI=1S/C30H24F2N6O3/c1-17-3-9-23(30(40)38(17)22-7-4-20(31)5-8-22)29(39)36-21-6-10-27(25(32)12-21)41-28-11-18-16-35-37(2)26(18)13-24(28)19-14-33-34-15-19/h3-17,23H,1-2H3,(H,33,34)(H,36,39). The molecule has 0 saturated heterocycles. The number of anilines is 2. The Morgan fingerprint density at radius 2 is 1.83 bits per heavy atom.